The molecule has 1 aliphatic heterocycles. The summed E-state index contributed by atoms with van der Waals surface area (Å²) in [7, 11) is -3.48. The number of ether oxygens (including phenoxy) is 2. The lowest BCUT2D eigenvalue weighted by Gasteiger charge is -2.28. The fourth-order valence-electron chi connectivity index (χ4n) is 3.92. The molecule has 4 rings (SSSR count). The summed E-state index contributed by atoms with van der Waals surface area (Å²) in [6.45, 7) is 1.09. The van der Waals surface area contributed by atoms with Crippen LogP contribution in [0.4, 0.5) is 0 Å². The lowest BCUT2D eigenvalue weighted by Crippen LogP contribution is -2.36. The van der Waals surface area contributed by atoms with Crippen molar-refractivity contribution in [3.05, 3.63) is 54.1 Å². The number of carbonyl (C=O) groups is 1. The van der Waals surface area contributed by atoms with E-state index < -0.39 is 10.0 Å². The Morgan fingerprint density at radius 1 is 0.967 bits per heavy atom. The minimum atomic E-state index is -3.48. The second-order valence-corrected chi connectivity index (χ2v) is 9.55. The van der Waals surface area contributed by atoms with Gasteiger partial charge in [-0.3, -0.25) is 4.79 Å². The van der Waals surface area contributed by atoms with Crippen LogP contribution in [0.15, 0.2) is 53.4 Å². The normalized spacial score (nSPS) is 20.7. The van der Waals surface area contributed by atoms with E-state index in [1.807, 2.05) is 18.2 Å². The summed E-state index contributed by atoms with van der Waals surface area (Å²) >= 11 is 0. The van der Waals surface area contributed by atoms with Gasteiger partial charge < -0.3 is 14.8 Å². The largest absolute Gasteiger partial charge is 0.454 e. The summed E-state index contributed by atoms with van der Waals surface area (Å²) < 4.78 is 38.1. The van der Waals surface area contributed by atoms with Crippen molar-refractivity contribution in [2.24, 2.45) is 11.8 Å². The smallest absolute Gasteiger partial charge is 0.240 e. The molecule has 0 bridgehead atoms. The first-order valence-electron chi connectivity index (χ1n) is 10.2. The number of fused-ring (bicyclic) bond motifs is 1. The minimum absolute atomic E-state index is 0.0269. The van der Waals surface area contributed by atoms with Crippen LogP contribution in [0, 0.1) is 11.8 Å². The SMILES string of the molecule is O=C(NCc1ccc2c(c1)OCO2)C1CCC(CNS(=O)(=O)c2ccccc2)CC1. The maximum absolute atomic E-state index is 12.5. The van der Waals surface area contributed by atoms with Gasteiger partial charge in [-0.2, -0.15) is 0 Å². The molecule has 0 saturated heterocycles. The van der Waals surface area contributed by atoms with E-state index in [9.17, 15) is 13.2 Å². The maximum Gasteiger partial charge on any atom is 0.240 e. The molecule has 2 aromatic carbocycles. The van der Waals surface area contributed by atoms with Crippen LogP contribution in [0.25, 0.3) is 0 Å². The van der Waals surface area contributed by atoms with E-state index in [1.54, 1.807) is 30.3 Å². The molecule has 0 radical (unpaired) electrons. The zero-order valence-electron chi connectivity index (χ0n) is 16.7. The highest BCUT2D eigenvalue weighted by molar-refractivity contribution is 7.89. The summed E-state index contributed by atoms with van der Waals surface area (Å²) in [6.07, 6.45) is 3.20. The first-order chi connectivity index (χ1) is 14.5. The number of rotatable bonds is 7. The highest BCUT2D eigenvalue weighted by Crippen LogP contribution is 2.33. The predicted octanol–water partition coefficient (Wildman–Crippen LogP) is 2.82. The topological polar surface area (TPSA) is 93.7 Å². The van der Waals surface area contributed by atoms with Crippen LogP contribution in [0.2, 0.25) is 0 Å². The summed E-state index contributed by atoms with van der Waals surface area (Å²) in [5.74, 6) is 1.71. The molecule has 0 aromatic heterocycles. The molecule has 1 aliphatic carbocycles. The van der Waals surface area contributed by atoms with E-state index in [1.165, 1.54) is 0 Å². The Kier molecular flexibility index (Phi) is 6.24. The number of hydrogen-bond donors (Lipinski definition) is 2. The summed E-state index contributed by atoms with van der Waals surface area (Å²) in [5, 5.41) is 3.01. The van der Waals surface area contributed by atoms with E-state index in [0.717, 1.165) is 37.0 Å². The van der Waals surface area contributed by atoms with Crippen LogP contribution < -0.4 is 19.5 Å². The van der Waals surface area contributed by atoms with Gasteiger partial charge in [-0.1, -0.05) is 24.3 Å². The fraction of sp³-hybridized carbons (Fsp3) is 0.409. The number of amides is 1. The van der Waals surface area contributed by atoms with Crippen molar-refractivity contribution >= 4 is 15.9 Å². The van der Waals surface area contributed by atoms with Gasteiger partial charge in [0.15, 0.2) is 11.5 Å². The van der Waals surface area contributed by atoms with Crippen molar-refractivity contribution in [2.75, 3.05) is 13.3 Å². The Morgan fingerprint density at radius 3 is 2.47 bits per heavy atom. The maximum atomic E-state index is 12.5. The van der Waals surface area contributed by atoms with Crippen LogP contribution in [0.3, 0.4) is 0 Å². The molecular weight excluding hydrogens is 404 g/mol. The fourth-order valence-corrected chi connectivity index (χ4v) is 5.06. The third kappa shape index (κ3) is 4.94. The lowest BCUT2D eigenvalue weighted by atomic mass is 9.81. The highest BCUT2D eigenvalue weighted by Gasteiger charge is 2.27. The van der Waals surface area contributed by atoms with Crippen LogP contribution in [-0.2, 0) is 21.4 Å². The zero-order valence-corrected chi connectivity index (χ0v) is 17.5. The molecule has 1 fully saturated rings. The third-order valence-corrected chi connectivity index (χ3v) is 7.18. The van der Waals surface area contributed by atoms with E-state index >= 15 is 0 Å². The molecular formula is C22H26N2O5S. The van der Waals surface area contributed by atoms with Crippen molar-refractivity contribution in [3.8, 4) is 11.5 Å². The molecule has 0 unspecified atom stereocenters. The monoisotopic (exact) mass is 430 g/mol. The summed E-state index contributed by atoms with van der Waals surface area (Å²) in [5.41, 5.74) is 0.969. The van der Waals surface area contributed by atoms with Crippen molar-refractivity contribution in [2.45, 2.75) is 37.1 Å². The number of nitrogens with one attached hydrogen (secondary N) is 2. The number of carbonyl (C=O) groups excluding carboxylic acids is 1. The van der Waals surface area contributed by atoms with Crippen molar-refractivity contribution in [3.63, 3.8) is 0 Å². The van der Waals surface area contributed by atoms with E-state index in [4.69, 9.17) is 9.47 Å². The molecule has 2 N–H and O–H groups in total. The van der Waals surface area contributed by atoms with Gasteiger partial charge in [0.25, 0.3) is 0 Å². The van der Waals surface area contributed by atoms with E-state index in [0.29, 0.717) is 18.8 Å². The molecule has 1 heterocycles. The molecule has 30 heavy (non-hydrogen) atoms. The quantitative estimate of drug-likeness (QED) is 0.705. The van der Waals surface area contributed by atoms with Gasteiger partial charge >= 0.3 is 0 Å². The molecule has 8 heteroatoms. The molecule has 160 valence electrons. The molecule has 1 amide bonds. The lowest BCUT2D eigenvalue weighted by molar-refractivity contribution is -0.126. The van der Waals surface area contributed by atoms with Crippen molar-refractivity contribution in [1.82, 2.24) is 10.0 Å². The zero-order chi connectivity index (χ0) is 21.0. The average Bonchev–Trinajstić information content (AvgIpc) is 3.25. The number of hydrogen-bond acceptors (Lipinski definition) is 5. The molecule has 1 saturated carbocycles. The molecule has 0 atom stereocenters. The standard InChI is InChI=1S/C22H26N2O5S/c25-22(23-13-17-8-11-20-21(12-17)29-15-28-20)18-9-6-16(7-10-18)14-24-30(26,27)19-4-2-1-3-5-19/h1-5,8,11-12,16,18,24H,6-7,9-10,13-15H2,(H,23,25). The molecule has 2 aromatic rings. The highest BCUT2D eigenvalue weighted by atomic mass is 32.2. The van der Waals surface area contributed by atoms with Gasteiger partial charge in [0.05, 0.1) is 4.90 Å². The van der Waals surface area contributed by atoms with Crippen LogP contribution in [0.1, 0.15) is 31.2 Å². The Morgan fingerprint density at radius 2 is 1.70 bits per heavy atom. The second-order valence-electron chi connectivity index (χ2n) is 7.79. The van der Waals surface area contributed by atoms with Gasteiger partial charge in [-0.15, -0.1) is 0 Å². The van der Waals surface area contributed by atoms with Gasteiger partial charge in [0, 0.05) is 19.0 Å². The molecule has 2 aliphatic rings. The van der Waals surface area contributed by atoms with Gasteiger partial charge in [0.1, 0.15) is 0 Å². The predicted molar refractivity (Wildman–Crippen MR) is 111 cm³/mol. The Bertz CT molecular complexity index is 986. The molecule has 7 nitrogen and oxygen atoms in total. The Balaban J connectivity index is 1.21. The first-order valence-corrected chi connectivity index (χ1v) is 11.7. The Hall–Kier alpha value is -2.58. The summed E-state index contributed by atoms with van der Waals surface area (Å²) in [4.78, 5) is 12.8. The number of benzene rings is 2. The van der Waals surface area contributed by atoms with Crippen molar-refractivity contribution in [1.29, 1.82) is 0 Å². The summed E-state index contributed by atoms with van der Waals surface area (Å²) in [6, 6.07) is 14.0. The third-order valence-electron chi connectivity index (χ3n) is 5.74. The van der Waals surface area contributed by atoms with E-state index in [2.05, 4.69) is 10.0 Å². The van der Waals surface area contributed by atoms with Gasteiger partial charge in [0.2, 0.25) is 22.7 Å². The van der Waals surface area contributed by atoms with Crippen LogP contribution >= 0.6 is 0 Å². The minimum Gasteiger partial charge on any atom is -0.454 e. The van der Waals surface area contributed by atoms with Crippen LogP contribution in [-0.4, -0.2) is 27.7 Å². The van der Waals surface area contributed by atoms with Crippen molar-refractivity contribution < 1.29 is 22.7 Å². The Labute approximate surface area is 176 Å². The number of sulfonamides is 1. The van der Waals surface area contributed by atoms with Gasteiger partial charge in [-0.25, -0.2) is 13.1 Å². The first kappa shape index (κ1) is 20.7. The second kappa shape index (κ2) is 9.06. The van der Waals surface area contributed by atoms with Gasteiger partial charge in [-0.05, 0) is 61.4 Å². The molecule has 0 spiro atoms. The van der Waals surface area contributed by atoms with Crippen LogP contribution in [0.5, 0.6) is 11.5 Å². The van der Waals surface area contributed by atoms with E-state index in [-0.39, 0.29) is 29.4 Å². The average molecular weight is 431 g/mol.